The van der Waals surface area contributed by atoms with Crippen molar-refractivity contribution in [1.29, 1.82) is 0 Å². The molecule has 0 heterocycles. The molecule has 0 bridgehead atoms. The fourth-order valence-electron chi connectivity index (χ4n) is 1.25. The second kappa shape index (κ2) is 5.12. The van der Waals surface area contributed by atoms with Gasteiger partial charge in [-0.2, -0.15) is 0 Å². The SMILES string of the molecule is O=S(=O)(Sc1ccc(Cl)cc1)c1ccccc1. The monoisotopic (exact) mass is 284 g/mol. The van der Waals surface area contributed by atoms with E-state index < -0.39 is 8.87 Å². The summed E-state index contributed by atoms with van der Waals surface area (Å²) in [6, 6.07) is 15.1. The summed E-state index contributed by atoms with van der Waals surface area (Å²) in [5, 5.41) is 0.589. The van der Waals surface area contributed by atoms with Gasteiger partial charge < -0.3 is 0 Å². The van der Waals surface area contributed by atoms with Gasteiger partial charge >= 0.3 is 0 Å². The van der Waals surface area contributed by atoms with E-state index in [1.54, 1.807) is 54.6 Å². The molecule has 88 valence electrons. The van der Waals surface area contributed by atoms with Crippen LogP contribution in [0.5, 0.6) is 0 Å². The maximum atomic E-state index is 12.0. The Bertz CT molecular complexity index is 592. The fraction of sp³-hybridized carbons (Fsp3) is 0. The highest BCUT2D eigenvalue weighted by Crippen LogP contribution is 2.31. The van der Waals surface area contributed by atoms with Crippen molar-refractivity contribution >= 4 is 31.3 Å². The molecule has 0 saturated heterocycles. The van der Waals surface area contributed by atoms with E-state index in [1.807, 2.05) is 0 Å². The molecule has 0 N–H and O–H groups in total. The Morgan fingerprint density at radius 3 is 2.06 bits per heavy atom. The van der Waals surface area contributed by atoms with Gasteiger partial charge in [-0.3, -0.25) is 0 Å². The van der Waals surface area contributed by atoms with E-state index in [-0.39, 0.29) is 0 Å². The van der Waals surface area contributed by atoms with E-state index in [4.69, 9.17) is 11.6 Å². The van der Waals surface area contributed by atoms with Crippen molar-refractivity contribution in [2.24, 2.45) is 0 Å². The summed E-state index contributed by atoms with van der Waals surface area (Å²) < 4.78 is 24.0. The summed E-state index contributed by atoms with van der Waals surface area (Å²) in [4.78, 5) is 0.957. The first kappa shape index (κ1) is 12.5. The first-order chi connectivity index (χ1) is 8.08. The highest BCUT2D eigenvalue weighted by molar-refractivity contribution is 8.72. The quantitative estimate of drug-likeness (QED) is 0.804. The molecule has 0 atom stereocenters. The van der Waals surface area contributed by atoms with Gasteiger partial charge in [0, 0.05) is 20.7 Å². The molecule has 0 fully saturated rings. The molecule has 5 heteroatoms. The lowest BCUT2D eigenvalue weighted by Crippen LogP contribution is -1.94. The second-order valence-electron chi connectivity index (χ2n) is 3.30. The normalized spacial score (nSPS) is 11.4. The van der Waals surface area contributed by atoms with Crippen LogP contribution in [0.2, 0.25) is 5.02 Å². The zero-order valence-corrected chi connectivity index (χ0v) is 11.1. The van der Waals surface area contributed by atoms with Gasteiger partial charge in [-0.1, -0.05) is 29.8 Å². The topological polar surface area (TPSA) is 34.1 Å². The summed E-state index contributed by atoms with van der Waals surface area (Å²) in [5.41, 5.74) is 0. The third-order valence-corrected chi connectivity index (χ3v) is 5.65. The molecular formula is C12H9ClO2S2. The smallest absolute Gasteiger partial charge is 0.212 e. The molecular weight excluding hydrogens is 276 g/mol. The van der Waals surface area contributed by atoms with Crippen LogP contribution in [0, 0.1) is 0 Å². The number of hydrogen-bond acceptors (Lipinski definition) is 3. The van der Waals surface area contributed by atoms with Gasteiger partial charge in [0.2, 0.25) is 8.87 Å². The summed E-state index contributed by atoms with van der Waals surface area (Å²) in [7, 11) is -2.53. The van der Waals surface area contributed by atoms with Crippen molar-refractivity contribution < 1.29 is 8.42 Å². The standard InChI is InChI=1S/C12H9ClO2S2/c13-10-6-8-11(9-7-10)16-17(14,15)12-4-2-1-3-5-12/h1-9H. The molecule has 2 rings (SSSR count). The lowest BCUT2D eigenvalue weighted by Gasteiger charge is -2.03. The third kappa shape index (κ3) is 3.25. The van der Waals surface area contributed by atoms with Crippen molar-refractivity contribution in [3.63, 3.8) is 0 Å². The fourth-order valence-corrected chi connectivity index (χ4v) is 4.18. The average Bonchev–Trinajstić information content (AvgIpc) is 2.33. The maximum Gasteiger partial charge on any atom is 0.234 e. The van der Waals surface area contributed by atoms with Crippen molar-refractivity contribution in [3.05, 3.63) is 59.6 Å². The minimum absolute atomic E-state index is 0.306. The van der Waals surface area contributed by atoms with Crippen molar-refractivity contribution in [3.8, 4) is 0 Å². The van der Waals surface area contributed by atoms with E-state index in [2.05, 4.69) is 0 Å². The molecule has 2 aromatic rings. The summed E-state index contributed by atoms with van der Waals surface area (Å²) >= 11 is 5.74. The molecule has 0 aliphatic heterocycles. The molecule has 0 spiro atoms. The summed E-state index contributed by atoms with van der Waals surface area (Å²) in [6.45, 7) is 0. The van der Waals surface area contributed by atoms with Crippen LogP contribution in [0.3, 0.4) is 0 Å². The maximum absolute atomic E-state index is 12.0. The van der Waals surface area contributed by atoms with Crippen LogP contribution >= 0.6 is 22.4 Å². The van der Waals surface area contributed by atoms with Gasteiger partial charge in [0.25, 0.3) is 0 Å². The van der Waals surface area contributed by atoms with Crippen LogP contribution in [0.15, 0.2) is 64.4 Å². The van der Waals surface area contributed by atoms with E-state index >= 15 is 0 Å². The van der Waals surface area contributed by atoms with Crippen LogP contribution in [-0.2, 0) is 8.87 Å². The predicted molar refractivity (Wildman–Crippen MR) is 70.9 cm³/mol. The van der Waals surface area contributed by atoms with Crippen LogP contribution in [0.4, 0.5) is 0 Å². The Hall–Kier alpha value is -0.970. The number of benzene rings is 2. The third-order valence-electron chi connectivity index (χ3n) is 2.05. The number of halogens is 1. The van der Waals surface area contributed by atoms with Crippen LogP contribution < -0.4 is 0 Å². The van der Waals surface area contributed by atoms with Crippen molar-refractivity contribution in [1.82, 2.24) is 0 Å². The highest BCUT2D eigenvalue weighted by Gasteiger charge is 2.15. The molecule has 17 heavy (non-hydrogen) atoms. The van der Waals surface area contributed by atoms with Gasteiger partial charge in [0.15, 0.2) is 0 Å². The molecule has 0 unspecified atom stereocenters. The predicted octanol–water partition coefficient (Wildman–Crippen LogP) is 3.82. The Morgan fingerprint density at radius 2 is 1.47 bits per heavy atom. The molecule has 0 aliphatic rings. The minimum atomic E-state index is -3.35. The average molecular weight is 285 g/mol. The number of rotatable bonds is 3. The molecule has 0 saturated carbocycles. The Balaban J connectivity index is 2.27. The van der Waals surface area contributed by atoms with E-state index in [0.29, 0.717) is 14.8 Å². The molecule has 0 radical (unpaired) electrons. The lowest BCUT2D eigenvalue weighted by atomic mass is 10.4. The summed E-state index contributed by atoms with van der Waals surface area (Å²) in [6.07, 6.45) is 0. The largest absolute Gasteiger partial charge is 0.234 e. The first-order valence-corrected chi connectivity index (χ1v) is 8.02. The van der Waals surface area contributed by atoms with Gasteiger partial charge in [0.1, 0.15) is 0 Å². The Morgan fingerprint density at radius 1 is 0.882 bits per heavy atom. The molecule has 0 aliphatic carbocycles. The van der Waals surface area contributed by atoms with E-state index in [1.165, 1.54) is 0 Å². The van der Waals surface area contributed by atoms with Crippen molar-refractivity contribution in [2.45, 2.75) is 9.79 Å². The minimum Gasteiger partial charge on any atom is -0.212 e. The van der Waals surface area contributed by atoms with Gasteiger partial charge in [-0.25, -0.2) is 8.42 Å². The van der Waals surface area contributed by atoms with Gasteiger partial charge in [0.05, 0.1) is 4.90 Å². The first-order valence-electron chi connectivity index (χ1n) is 4.83. The molecule has 0 aromatic heterocycles. The van der Waals surface area contributed by atoms with Crippen LogP contribution in [0.1, 0.15) is 0 Å². The Labute approximate surface area is 109 Å². The zero-order chi connectivity index (χ0) is 12.3. The molecule has 2 nitrogen and oxygen atoms in total. The highest BCUT2D eigenvalue weighted by atomic mass is 35.5. The second-order valence-corrected chi connectivity index (χ2v) is 7.58. The Kier molecular flexibility index (Phi) is 3.76. The number of hydrogen-bond donors (Lipinski definition) is 0. The lowest BCUT2D eigenvalue weighted by molar-refractivity contribution is 0.610. The van der Waals surface area contributed by atoms with E-state index in [9.17, 15) is 8.42 Å². The van der Waals surface area contributed by atoms with E-state index in [0.717, 1.165) is 10.8 Å². The van der Waals surface area contributed by atoms with Crippen molar-refractivity contribution in [2.75, 3.05) is 0 Å². The zero-order valence-electron chi connectivity index (χ0n) is 8.71. The van der Waals surface area contributed by atoms with Gasteiger partial charge in [-0.05, 0) is 36.4 Å². The summed E-state index contributed by atoms with van der Waals surface area (Å²) in [5.74, 6) is 0. The molecule has 0 amide bonds. The van der Waals surface area contributed by atoms with Crippen LogP contribution in [0.25, 0.3) is 0 Å². The van der Waals surface area contributed by atoms with Gasteiger partial charge in [-0.15, -0.1) is 0 Å². The van der Waals surface area contributed by atoms with Crippen LogP contribution in [-0.4, -0.2) is 8.42 Å². The molecule has 2 aromatic carbocycles.